The molecule has 2 rings (SSSR count). The molecule has 0 aliphatic carbocycles. The first-order valence-electron chi connectivity index (χ1n) is 4.75. The summed E-state index contributed by atoms with van der Waals surface area (Å²) in [6.45, 7) is 1.87. The predicted molar refractivity (Wildman–Crippen MR) is 76.6 cm³/mol. The van der Waals surface area contributed by atoms with Crippen molar-refractivity contribution in [2.24, 2.45) is 0 Å². The van der Waals surface area contributed by atoms with Crippen LogP contribution in [0.1, 0.15) is 15.5 Å². The number of hydrogen-bond acceptors (Lipinski definition) is 3. The van der Waals surface area contributed by atoms with Gasteiger partial charge in [0, 0.05) is 14.3 Å². The smallest absolute Gasteiger partial charge is 0.275 e. The van der Waals surface area contributed by atoms with Crippen molar-refractivity contribution < 1.29 is 4.79 Å². The van der Waals surface area contributed by atoms with Crippen LogP contribution in [0.25, 0.3) is 0 Å². The molecular formula is C11H8Br2N2OS. The van der Waals surface area contributed by atoms with Gasteiger partial charge in [-0.15, -0.1) is 11.3 Å². The number of nitrogens with one attached hydrogen (secondary N) is 1. The van der Waals surface area contributed by atoms with Gasteiger partial charge in [-0.3, -0.25) is 4.79 Å². The zero-order valence-corrected chi connectivity index (χ0v) is 12.8. The number of halogens is 2. The molecule has 1 aromatic carbocycles. The molecule has 0 atom stereocenters. The molecule has 1 N–H and O–H groups in total. The molecule has 2 aromatic rings. The zero-order valence-electron chi connectivity index (χ0n) is 8.83. The molecule has 17 heavy (non-hydrogen) atoms. The van der Waals surface area contributed by atoms with E-state index in [2.05, 4.69) is 42.2 Å². The third-order valence-electron chi connectivity index (χ3n) is 2.03. The summed E-state index contributed by atoms with van der Waals surface area (Å²) in [7, 11) is 0. The minimum Gasteiger partial charge on any atom is -0.320 e. The Hall–Kier alpha value is -0.720. The largest absolute Gasteiger partial charge is 0.320 e. The molecule has 1 amide bonds. The standard InChI is InChI=1S/C11H8Br2N2OS/c1-6-14-10(5-17-6)11(16)15-9-3-2-7(12)4-8(9)13/h2-5H,1H3,(H,15,16). The number of aryl methyl sites for hydroxylation is 1. The Labute approximate surface area is 120 Å². The molecule has 0 saturated heterocycles. The van der Waals surface area contributed by atoms with E-state index in [1.807, 2.05) is 25.1 Å². The lowest BCUT2D eigenvalue weighted by Crippen LogP contribution is -2.12. The Morgan fingerprint density at radius 1 is 1.41 bits per heavy atom. The molecule has 0 fully saturated rings. The number of carbonyl (C=O) groups is 1. The summed E-state index contributed by atoms with van der Waals surface area (Å²) in [5.74, 6) is -0.197. The summed E-state index contributed by atoms with van der Waals surface area (Å²) in [6, 6.07) is 5.57. The summed E-state index contributed by atoms with van der Waals surface area (Å²) >= 11 is 8.21. The molecule has 0 bridgehead atoms. The Morgan fingerprint density at radius 3 is 2.76 bits per heavy atom. The second kappa shape index (κ2) is 5.29. The van der Waals surface area contributed by atoms with Crippen LogP contribution in [0.2, 0.25) is 0 Å². The van der Waals surface area contributed by atoms with E-state index in [1.165, 1.54) is 11.3 Å². The monoisotopic (exact) mass is 374 g/mol. The van der Waals surface area contributed by atoms with Gasteiger partial charge in [-0.2, -0.15) is 0 Å². The van der Waals surface area contributed by atoms with Crippen molar-refractivity contribution in [1.29, 1.82) is 0 Å². The molecular weight excluding hydrogens is 368 g/mol. The molecule has 3 nitrogen and oxygen atoms in total. The summed E-state index contributed by atoms with van der Waals surface area (Å²) in [5, 5.41) is 5.43. The first kappa shape index (κ1) is 12.7. The topological polar surface area (TPSA) is 42.0 Å². The number of carbonyl (C=O) groups excluding carboxylic acids is 1. The quantitative estimate of drug-likeness (QED) is 0.853. The normalized spacial score (nSPS) is 10.3. The fourth-order valence-electron chi connectivity index (χ4n) is 1.24. The molecule has 0 saturated carbocycles. The molecule has 0 radical (unpaired) electrons. The van der Waals surface area contributed by atoms with Crippen LogP contribution < -0.4 is 5.32 Å². The van der Waals surface area contributed by atoms with Gasteiger partial charge in [-0.05, 0) is 41.1 Å². The number of amides is 1. The molecule has 0 spiro atoms. The van der Waals surface area contributed by atoms with Crippen LogP contribution in [0.4, 0.5) is 5.69 Å². The van der Waals surface area contributed by atoms with Crippen molar-refractivity contribution in [2.45, 2.75) is 6.92 Å². The third kappa shape index (κ3) is 3.14. The van der Waals surface area contributed by atoms with Crippen LogP contribution >= 0.6 is 43.2 Å². The average molecular weight is 376 g/mol. The minimum atomic E-state index is -0.197. The SMILES string of the molecule is Cc1nc(C(=O)Nc2ccc(Br)cc2Br)cs1. The molecule has 88 valence electrons. The van der Waals surface area contributed by atoms with Crippen LogP contribution in [0.15, 0.2) is 32.5 Å². The highest BCUT2D eigenvalue weighted by molar-refractivity contribution is 9.11. The van der Waals surface area contributed by atoms with E-state index < -0.39 is 0 Å². The predicted octanol–water partition coefficient (Wildman–Crippen LogP) is 4.23. The van der Waals surface area contributed by atoms with E-state index in [0.29, 0.717) is 5.69 Å². The molecule has 0 unspecified atom stereocenters. The van der Waals surface area contributed by atoms with Gasteiger partial charge in [-0.25, -0.2) is 4.98 Å². The van der Waals surface area contributed by atoms with Gasteiger partial charge in [0.25, 0.3) is 5.91 Å². The maximum absolute atomic E-state index is 11.9. The lowest BCUT2D eigenvalue weighted by atomic mass is 10.3. The Balaban J connectivity index is 2.18. The first-order valence-corrected chi connectivity index (χ1v) is 7.21. The average Bonchev–Trinajstić information content (AvgIpc) is 2.69. The minimum absolute atomic E-state index is 0.197. The fraction of sp³-hybridized carbons (Fsp3) is 0.0909. The summed E-state index contributed by atoms with van der Waals surface area (Å²) < 4.78 is 1.78. The highest BCUT2D eigenvalue weighted by Gasteiger charge is 2.11. The first-order chi connectivity index (χ1) is 8.06. The number of aromatic nitrogens is 1. The maximum atomic E-state index is 11.9. The summed E-state index contributed by atoms with van der Waals surface area (Å²) in [6.07, 6.45) is 0. The molecule has 1 aromatic heterocycles. The van der Waals surface area contributed by atoms with Gasteiger partial charge >= 0.3 is 0 Å². The zero-order chi connectivity index (χ0) is 12.4. The van der Waals surface area contributed by atoms with Crippen molar-refractivity contribution in [3.63, 3.8) is 0 Å². The van der Waals surface area contributed by atoms with E-state index in [0.717, 1.165) is 19.6 Å². The number of rotatable bonds is 2. The number of hydrogen-bond donors (Lipinski definition) is 1. The van der Waals surface area contributed by atoms with E-state index in [-0.39, 0.29) is 5.91 Å². The fourth-order valence-corrected chi connectivity index (χ4v) is 2.98. The molecule has 6 heteroatoms. The number of nitrogens with zero attached hydrogens (tertiary/aromatic N) is 1. The highest BCUT2D eigenvalue weighted by Crippen LogP contribution is 2.26. The van der Waals surface area contributed by atoms with Gasteiger partial charge < -0.3 is 5.32 Å². The van der Waals surface area contributed by atoms with Gasteiger partial charge in [0.2, 0.25) is 0 Å². The molecule has 0 aliphatic rings. The summed E-state index contributed by atoms with van der Waals surface area (Å²) in [4.78, 5) is 16.0. The Bertz CT molecular complexity index is 568. The van der Waals surface area contributed by atoms with E-state index >= 15 is 0 Å². The molecule has 0 aliphatic heterocycles. The van der Waals surface area contributed by atoms with Gasteiger partial charge in [0.1, 0.15) is 5.69 Å². The van der Waals surface area contributed by atoms with E-state index in [1.54, 1.807) is 5.38 Å². The van der Waals surface area contributed by atoms with Crippen LogP contribution in [0.5, 0.6) is 0 Å². The second-order valence-electron chi connectivity index (χ2n) is 3.33. The van der Waals surface area contributed by atoms with Crippen molar-refractivity contribution in [3.05, 3.63) is 43.2 Å². The Kier molecular flexibility index (Phi) is 3.96. The number of anilines is 1. The van der Waals surface area contributed by atoms with Crippen molar-refractivity contribution >= 4 is 54.8 Å². The van der Waals surface area contributed by atoms with Crippen LogP contribution in [-0.4, -0.2) is 10.9 Å². The van der Waals surface area contributed by atoms with E-state index in [9.17, 15) is 4.79 Å². The molecule has 1 heterocycles. The maximum Gasteiger partial charge on any atom is 0.275 e. The van der Waals surface area contributed by atoms with Crippen LogP contribution in [0, 0.1) is 6.92 Å². The van der Waals surface area contributed by atoms with E-state index in [4.69, 9.17) is 0 Å². The van der Waals surface area contributed by atoms with Gasteiger partial charge in [0.15, 0.2) is 0 Å². The third-order valence-corrected chi connectivity index (χ3v) is 3.95. The van der Waals surface area contributed by atoms with Crippen molar-refractivity contribution in [1.82, 2.24) is 4.98 Å². The lowest BCUT2D eigenvalue weighted by molar-refractivity contribution is 0.102. The number of thiazole rings is 1. The number of benzene rings is 1. The van der Waals surface area contributed by atoms with Gasteiger partial charge in [-0.1, -0.05) is 15.9 Å². The lowest BCUT2D eigenvalue weighted by Gasteiger charge is -2.06. The van der Waals surface area contributed by atoms with Crippen molar-refractivity contribution in [3.8, 4) is 0 Å². The second-order valence-corrected chi connectivity index (χ2v) is 6.16. The van der Waals surface area contributed by atoms with Crippen LogP contribution in [-0.2, 0) is 0 Å². The summed E-state index contributed by atoms with van der Waals surface area (Å²) in [5.41, 5.74) is 1.17. The highest BCUT2D eigenvalue weighted by atomic mass is 79.9. The van der Waals surface area contributed by atoms with Crippen LogP contribution in [0.3, 0.4) is 0 Å². The van der Waals surface area contributed by atoms with Crippen molar-refractivity contribution in [2.75, 3.05) is 5.32 Å². The Morgan fingerprint density at radius 2 is 2.18 bits per heavy atom. The van der Waals surface area contributed by atoms with Gasteiger partial charge in [0.05, 0.1) is 10.7 Å².